The highest BCUT2D eigenvalue weighted by atomic mass is 16.2. The maximum absolute atomic E-state index is 13.0. The summed E-state index contributed by atoms with van der Waals surface area (Å²) in [6.45, 7) is 3.81. The van der Waals surface area contributed by atoms with Crippen molar-refractivity contribution < 1.29 is 9.59 Å². The number of amides is 2. The SMILES string of the molecule is CN(C)CCN1CC(C(=O)N2CCC(c3ccccc3)CC2)CCC1=O. The van der Waals surface area contributed by atoms with Crippen molar-refractivity contribution in [2.75, 3.05) is 46.8 Å². The van der Waals surface area contributed by atoms with Crippen LogP contribution in [0.2, 0.25) is 0 Å². The molecule has 0 spiro atoms. The van der Waals surface area contributed by atoms with Crippen LogP contribution in [0.4, 0.5) is 0 Å². The Morgan fingerprint density at radius 2 is 1.81 bits per heavy atom. The van der Waals surface area contributed by atoms with E-state index in [1.54, 1.807) is 0 Å². The van der Waals surface area contributed by atoms with E-state index in [0.717, 1.165) is 32.5 Å². The van der Waals surface area contributed by atoms with Crippen LogP contribution in [-0.4, -0.2) is 73.3 Å². The minimum absolute atomic E-state index is 0.0249. The molecule has 0 radical (unpaired) electrons. The number of piperidine rings is 2. The van der Waals surface area contributed by atoms with Gasteiger partial charge in [0, 0.05) is 39.1 Å². The van der Waals surface area contributed by atoms with Crippen molar-refractivity contribution in [1.82, 2.24) is 14.7 Å². The number of likely N-dealkylation sites (N-methyl/N-ethyl adjacent to an activating group) is 1. The number of hydrogen-bond acceptors (Lipinski definition) is 3. The van der Waals surface area contributed by atoms with Gasteiger partial charge in [0.25, 0.3) is 0 Å². The zero-order valence-corrected chi connectivity index (χ0v) is 16.1. The van der Waals surface area contributed by atoms with Crippen LogP contribution in [0.25, 0.3) is 0 Å². The van der Waals surface area contributed by atoms with Gasteiger partial charge in [0.15, 0.2) is 0 Å². The molecular formula is C21H31N3O2. The van der Waals surface area contributed by atoms with E-state index in [1.165, 1.54) is 5.56 Å². The van der Waals surface area contributed by atoms with E-state index in [-0.39, 0.29) is 17.7 Å². The number of likely N-dealkylation sites (tertiary alicyclic amines) is 2. The molecule has 1 aromatic rings. The molecule has 1 unspecified atom stereocenters. The lowest BCUT2D eigenvalue weighted by Crippen LogP contribution is -2.49. The van der Waals surface area contributed by atoms with Crippen LogP contribution in [0, 0.1) is 5.92 Å². The van der Waals surface area contributed by atoms with Crippen LogP contribution in [0.1, 0.15) is 37.2 Å². The molecule has 2 fully saturated rings. The molecule has 0 saturated carbocycles. The molecule has 0 N–H and O–H groups in total. The highest BCUT2D eigenvalue weighted by molar-refractivity contribution is 5.84. The van der Waals surface area contributed by atoms with Crippen molar-refractivity contribution in [3.05, 3.63) is 35.9 Å². The number of hydrogen-bond donors (Lipinski definition) is 0. The zero-order valence-electron chi connectivity index (χ0n) is 16.1. The molecule has 3 rings (SSSR count). The van der Waals surface area contributed by atoms with E-state index in [1.807, 2.05) is 23.9 Å². The van der Waals surface area contributed by atoms with Crippen LogP contribution in [0.15, 0.2) is 30.3 Å². The first-order chi connectivity index (χ1) is 12.5. The Morgan fingerprint density at radius 3 is 2.46 bits per heavy atom. The number of carbonyl (C=O) groups is 2. The number of rotatable bonds is 5. The summed E-state index contributed by atoms with van der Waals surface area (Å²) in [6, 6.07) is 10.6. The second-order valence-electron chi connectivity index (χ2n) is 7.89. The summed E-state index contributed by atoms with van der Waals surface area (Å²) in [7, 11) is 4.02. The fourth-order valence-corrected chi connectivity index (χ4v) is 4.07. The molecule has 2 aliphatic rings. The standard InChI is InChI=1S/C21H31N3O2/c1-22(2)14-15-24-16-19(8-9-20(24)25)21(26)23-12-10-18(11-13-23)17-6-4-3-5-7-17/h3-7,18-19H,8-16H2,1-2H3. The molecule has 0 bridgehead atoms. The minimum atomic E-state index is -0.0249. The van der Waals surface area contributed by atoms with Crippen molar-refractivity contribution in [2.24, 2.45) is 5.92 Å². The normalized spacial score (nSPS) is 22.1. The van der Waals surface area contributed by atoms with Crippen molar-refractivity contribution in [2.45, 2.75) is 31.6 Å². The van der Waals surface area contributed by atoms with Gasteiger partial charge in [-0.25, -0.2) is 0 Å². The second kappa shape index (κ2) is 8.67. The van der Waals surface area contributed by atoms with E-state index in [0.29, 0.717) is 31.8 Å². The lowest BCUT2D eigenvalue weighted by atomic mass is 9.88. The third-order valence-electron chi connectivity index (χ3n) is 5.74. The van der Waals surface area contributed by atoms with Crippen LogP contribution in [0.3, 0.4) is 0 Å². The Labute approximate surface area is 156 Å². The lowest BCUT2D eigenvalue weighted by Gasteiger charge is -2.38. The van der Waals surface area contributed by atoms with Crippen LogP contribution in [0.5, 0.6) is 0 Å². The van der Waals surface area contributed by atoms with Gasteiger partial charge in [0.1, 0.15) is 0 Å². The molecular weight excluding hydrogens is 326 g/mol. The summed E-state index contributed by atoms with van der Waals surface area (Å²) in [5.74, 6) is 0.977. The van der Waals surface area contributed by atoms with Gasteiger partial charge >= 0.3 is 0 Å². The van der Waals surface area contributed by atoms with Crippen molar-refractivity contribution in [1.29, 1.82) is 0 Å². The molecule has 26 heavy (non-hydrogen) atoms. The Balaban J connectivity index is 1.52. The predicted molar refractivity (Wildman–Crippen MR) is 103 cm³/mol. The molecule has 0 aromatic heterocycles. The summed E-state index contributed by atoms with van der Waals surface area (Å²) in [5, 5.41) is 0. The van der Waals surface area contributed by atoms with Gasteiger partial charge in [-0.1, -0.05) is 30.3 Å². The first kappa shape index (κ1) is 18.9. The molecule has 5 heteroatoms. The van der Waals surface area contributed by atoms with E-state index >= 15 is 0 Å². The van der Waals surface area contributed by atoms with E-state index in [9.17, 15) is 9.59 Å². The van der Waals surface area contributed by atoms with Gasteiger partial charge in [0.2, 0.25) is 11.8 Å². The van der Waals surface area contributed by atoms with Gasteiger partial charge in [-0.05, 0) is 44.8 Å². The van der Waals surface area contributed by atoms with E-state index < -0.39 is 0 Å². The van der Waals surface area contributed by atoms with Crippen molar-refractivity contribution in [3.8, 4) is 0 Å². The topological polar surface area (TPSA) is 43.9 Å². The zero-order chi connectivity index (χ0) is 18.5. The van der Waals surface area contributed by atoms with Gasteiger partial charge in [-0.3, -0.25) is 9.59 Å². The van der Waals surface area contributed by atoms with Gasteiger partial charge < -0.3 is 14.7 Å². The Kier molecular flexibility index (Phi) is 6.30. The molecule has 2 aliphatic heterocycles. The minimum Gasteiger partial charge on any atom is -0.342 e. The monoisotopic (exact) mass is 357 g/mol. The molecule has 2 amide bonds. The van der Waals surface area contributed by atoms with Crippen LogP contribution in [-0.2, 0) is 9.59 Å². The van der Waals surface area contributed by atoms with E-state index in [2.05, 4.69) is 35.2 Å². The van der Waals surface area contributed by atoms with Crippen molar-refractivity contribution >= 4 is 11.8 Å². The second-order valence-corrected chi connectivity index (χ2v) is 7.89. The third-order valence-corrected chi connectivity index (χ3v) is 5.74. The number of carbonyl (C=O) groups excluding carboxylic acids is 2. The molecule has 2 saturated heterocycles. The average Bonchev–Trinajstić information content (AvgIpc) is 2.67. The number of benzene rings is 1. The highest BCUT2D eigenvalue weighted by Crippen LogP contribution is 2.29. The predicted octanol–water partition coefficient (Wildman–Crippen LogP) is 2.19. The molecule has 5 nitrogen and oxygen atoms in total. The lowest BCUT2D eigenvalue weighted by molar-refractivity contribution is -0.143. The molecule has 1 aromatic carbocycles. The maximum atomic E-state index is 13.0. The number of nitrogens with zero attached hydrogens (tertiary/aromatic N) is 3. The molecule has 142 valence electrons. The first-order valence-electron chi connectivity index (χ1n) is 9.81. The Hall–Kier alpha value is -1.88. The fraction of sp³-hybridized carbons (Fsp3) is 0.619. The largest absolute Gasteiger partial charge is 0.342 e. The van der Waals surface area contributed by atoms with Crippen LogP contribution < -0.4 is 0 Å². The summed E-state index contributed by atoms with van der Waals surface area (Å²) in [5.41, 5.74) is 1.39. The highest BCUT2D eigenvalue weighted by Gasteiger charge is 2.34. The van der Waals surface area contributed by atoms with Crippen molar-refractivity contribution in [3.63, 3.8) is 0 Å². The summed E-state index contributed by atoms with van der Waals surface area (Å²) < 4.78 is 0. The van der Waals surface area contributed by atoms with E-state index in [4.69, 9.17) is 0 Å². The quantitative estimate of drug-likeness (QED) is 0.811. The Morgan fingerprint density at radius 1 is 1.12 bits per heavy atom. The van der Waals surface area contributed by atoms with Gasteiger partial charge in [0.05, 0.1) is 5.92 Å². The van der Waals surface area contributed by atoms with Gasteiger partial charge in [-0.15, -0.1) is 0 Å². The van der Waals surface area contributed by atoms with Crippen LogP contribution >= 0.6 is 0 Å². The summed E-state index contributed by atoms with van der Waals surface area (Å²) in [4.78, 5) is 31.1. The maximum Gasteiger partial charge on any atom is 0.227 e. The smallest absolute Gasteiger partial charge is 0.227 e. The molecule has 0 aliphatic carbocycles. The molecule has 1 atom stereocenters. The Bertz CT molecular complexity index is 609. The van der Waals surface area contributed by atoms with Gasteiger partial charge in [-0.2, -0.15) is 0 Å². The third kappa shape index (κ3) is 4.64. The molecule has 2 heterocycles. The summed E-state index contributed by atoms with van der Waals surface area (Å²) in [6.07, 6.45) is 3.27. The first-order valence-corrected chi connectivity index (χ1v) is 9.81. The summed E-state index contributed by atoms with van der Waals surface area (Å²) >= 11 is 0. The average molecular weight is 357 g/mol. The fourth-order valence-electron chi connectivity index (χ4n) is 4.07.